The minimum Gasteiger partial charge on any atom is -0.433 e. The number of hydrogen-bond donors (Lipinski definition) is 1. The van der Waals surface area contributed by atoms with Gasteiger partial charge in [0.05, 0.1) is 12.2 Å². The predicted molar refractivity (Wildman–Crippen MR) is 98.7 cm³/mol. The van der Waals surface area contributed by atoms with E-state index in [1.165, 1.54) is 6.07 Å². The first-order chi connectivity index (χ1) is 13.2. The van der Waals surface area contributed by atoms with E-state index < -0.39 is 5.82 Å². The van der Waals surface area contributed by atoms with Crippen molar-refractivity contribution in [3.8, 4) is 11.5 Å². The van der Waals surface area contributed by atoms with Gasteiger partial charge in [0.25, 0.3) is 0 Å². The number of aromatic nitrogens is 1. The molecular weight excluding hydrogens is 347 g/mol. The Balaban J connectivity index is 1.31. The van der Waals surface area contributed by atoms with Gasteiger partial charge >= 0.3 is 0 Å². The molecule has 5 nitrogen and oxygen atoms in total. The largest absolute Gasteiger partial charge is 0.433 e. The molecule has 2 bridgehead atoms. The SMILES string of the molecule is O=C(Nc1ccc(-c2nc3cccc(F)c3o2)cc1)C1CC2CCC(C1)O2. The van der Waals surface area contributed by atoms with Crippen LogP contribution in [0, 0.1) is 11.7 Å². The van der Waals surface area contributed by atoms with Crippen molar-refractivity contribution in [1.29, 1.82) is 0 Å². The monoisotopic (exact) mass is 366 g/mol. The molecule has 0 spiro atoms. The van der Waals surface area contributed by atoms with Crippen LogP contribution in [-0.4, -0.2) is 23.1 Å². The lowest BCUT2D eigenvalue weighted by atomic mass is 9.94. The molecule has 3 heterocycles. The molecule has 27 heavy (non-hydrogen) atoms. The zero-order valence-corrected chi connectivity index (χ0v) is 14.7. The molecule has 5 rings (SSSR count). The van der Waals surface area contributed by atoms with Gasteiger partial charge in [-0.3, -0.25) is 4.79 Å². The third-order valence-corrected chi connectivity index (χ3v) is 5.43. The third-order valence-electron chi connectivity index (χ3n) is 5.43. The van der Waals surface area contributed by atoms with Gasteiger partial charge in [0.2, 0.25) is 11.8 Å². The smallest absolute Gasteiger partial charge is 0.227 e. The molecule has 1 aromatic heterocycles. The lowest BCUT2D eigenvalue weighted by molar-refractivity contribution is -0.125. The van der Waals surface area contributed by atoms with Crippen molar-refractivity contribution >= 4 is 22.7 Å². The van der Waals surface area contributed by atoms with Crippen LogP contribution in [0.3, 0.4) is 0 Å². The number of nitrogens with one attached hydrogen (secondary N) is 1. The van der Waals surface area contributed by atoms with Gasteiger partial charge in [0.15, 0.2) is 11.4 Å². The van der Waals surface area contributed by atoms with Crippen LogP contribution in [0.15, 0.2) is 46.9 Å². The number of rotatable bonds is 3. The van der Waals surface area contributed by atoms with Gasteiger partial charge in [-0.1, -0.05) is 6.07 Å². The summed E-state index contributed by atoms with van der Waals surface area (Å²) in [6.07, 6.45) is 4.20. The van der Waals surface area contributed by atoms with E-state index >= 15 is 0 Å². The molecule has 2 aliphatic rings. The number of para-hydroxylation sites is 1. The second-order valence-corrected chi connectivity index (χ2v) is 7.30. The molecule has 1 amide bonds. The molecule has 2 unspecified atom stereocenters. The number of fused-ring (bicyclic) bond motifs is 3. The summed E-state index contributed by atoms with van der Waals surface area (Å²) in [5, 5.41) is 2.99. The van der Waals surface area contributed by atoms with E-state index in [9.17, 15) is 9.18 Å². The van der Waals surface area contributed by atoms with Crippen molar-refractivity contribution in [3.63, 3.8) is 0 Å². The summed E-state index contributed by atoms with van der Waals surface area (Å²) in [7, 11) is 0. The number of nitrogens with zero attached hydrogens (tertiary/aromatic N) is 1. The summed E-state index contributed by atoms with van der Waals surface area (Å²) < 4.78 is 25.1. The maximum absolute atomic E-state index is 13.8. The highest BCUT2D eigenvalue weighted by atomic mass is 19.1. The number of anilines is 1. The van der Waals surface area contributed by atoms with Crippen LogP contribution in [0.5, 0.6) is 0 Å². The maximum Gasteiger partial charge on any atom is 0.227 e. The molecule has 6 heteroatoms. The van der Waals surface area contributed by atoms with E-state index in [4.69, 9.17) is 9.15 Å². The average molecular weight is 366 g/mol. The topological polar surface area (TPSA) is 64.4 Å². The summed E-state index contributed by atoms with van der Waals surface area (Å²) in [6.45, 7) is 0. The molecule has 138 valence electrons. The van der Waals surface area contributed by atoms with Crippen molar-refractivity contribution in [1.82, 2.24) is 4.98 Å². The molecule has 0 aliphatic carbocycles. The highest BCUT2D eigenvalue weighted by Crippen LogP contribution is 2.36. The van der Waals surface area contributed by atoms with Gasteiger partial charge in [-0.15, -0.1) is 0 Å². The molecule has 2 fully saturated rings. The first-order valence-electron chi connectivity index (χ1n) is 9.27. The Morgan fingerprint density at radius 3 is 2.52 bits per heavy atom. The maximum atomic E-state index is 13.8. The number of ether oxygens (including phenoxy) is 1. The van der Waals surface area contributed by atoms with E-state index in [1.54, 1.807) is 12.1 Å². The summed E-state index contributed by atoms with van der Waals surface area (Å²) in [5.41, 5.74) is 2.09. The van der Waals surface area contributed by atoms with Crippen LogP contribution < -0.4 is 5.32 Å². The molecular formula is C21H19FN2O3. The minimum atomic E-state index is -0.430. The zero-order valence-electron chi connectivity index (χ0n) is 14.7. The fourth-order valence-electron chi connectivity index (χ4n) is 4.05. The van der Waals surface area contributed by atoms with Crippen molar-refractivity contribution in [2.24, 2.45) is 5.92 Å². The standard InChI is InChI=1S/C21H19FN2O3/c22-17-2-1-3-18-19(17)27-21(24-18)12-4-6-14(7-5-12)23-20(25)13-10-15-8-9-16(11-13)26-15/h1-7,13,15-16H,8-11H2,(H,23,25). The first kappa shape index (κ1) is 16.4. The lowest BCUT2D eigenvalue weighted by Gasteiger charge is -2.27. The van der Waals surface area contributed by atoms with Crippen LogP contribution in [0.2, 0.25) is 0 Å². The number of carbonyl (C=O) groups excluding carboxylic acids is 1. The van der Waals surface area contributed by atoms with Crippen LogP contribution >= 0.6 is 0 Å². The van der Waals surface area contributed by atoms with E-state index in [-0.39, 0.29) is 29.6 Å². The van der Waals surface area contributed by atoms with Crippen LogP contribution in [0.1, 0.15) is 25.7 Å². The van der Waals surface area contributed by atoms with Gasteiger partial charge in [0.1, 0.15) is 5.52 Å². The molecule has 1 N–H and O–H groups in total. The van der Waals surface area contributed by atoms with Gasteiger partial charge in [0, 0.05) is 17.2 Å². The molecule has 2 atom stereocenters. The molecule has 3 aromatic rings. The number of halogens is 1. The molecule has 2 aromatic carbocycles. The van der Waals surface area contributed by atoms with Crippen molar-refractivity contribution in [2.45, 2.75) is 37.9 Å². The highest BCUT2D eigenvalue weighted by Gasteiger charge is 2.37. The third kappa shape index (κ3) is 3.10. The number of oxazole rings is 1. The second-order valence-electron chi connectivity index (χ2n) is 7.30. The Kier molecular flexibility index (Phi) is 3.93. The van der Waals surface area contributed by atoms with E-state index in [0.717, 1.165) is 36.9 Å². The minimum absolute atomic E-state index is 0.0101. The Hall–Kier alpha value is -2.73. The number of benzene rings is 2. The normalized spacial score (nSPS) is 24.3. The quantitative estimate of drug-likeness (QED) is 0.740. The average Bonchev–Trinajstić information content (AvgIpc) is 3.26. The van der Waals surface area contributed by atoms with Crippen molar-refractivity contribution in [2.75, 3.05) is 5.32 Å². The van der Waals surface area contributed by atoms with E-state index in [0.29, 0.717) is 11.4 Å². The van der Waals surface area contributed by atoms with Gasteiger partial charge < -0.3 is 14.5 Å². The van der Waals surface area contributed by atoms with Crippen molar-refractivity contribution in [3.05, 3.63) is 48.3 Å². The molecule has 0 radical (unpaired) electrons. The van der Waals surface area contributed by atoms with Crippen LogP contribution in [0.4, 0.5) is 10.1 Å². The lowest BCUT2D eigenvalue weighted by Crippen LogP contribution is -2.33. The predicted octanol–water partition coefficient (Wildman–Crippen LogP) is 4.53. The van der Waals surface area contributed by atoms with Gasteiger partial charge in [-0.2, -0.15) is 0 Å². The van der Waals surface area contributed by atoms with Crippen molar-refractivity contribution < 1.29 is 18.3 Å². The Labute approximate surface area is 155 Å². The molecule has 2 saturated heterocycles. The molecule has 0 saturated carbocycles. The fraction of sp³-hybridized carbons (Fsp3) is 0.333. The summed E-state index contributed by atoms with van der Waals surface area (Å²) in [4.78, 5) is 16.9. The highest BCUT2D eigenvalue weighted by molar-refractivity contribution is 5.93. The number of carbonyl (C=O) groups is 1. The summed E-state index contributed by atoms with van der Waals surface area (Å²) >= 11 is 0. The number of amides is 1. The Morgan fingerprint density at radius 1 is 1.07 bits per heavy atom. The fourth-order valence-corrected chi connectivity index (χ4v) is 4.05. The Morgan fingerprint density at radius 2 is 1.81 bits per heavy atom. The van der Waals surface area contributed by atoms with E-state index in [2.05, 4.69) is 10.3 Å². The summed E-state index contributed by atoms with van der Waals surface area (Å²) in [6, 6.07) is 11.9. The van der Waals surface area contributed by atoms with Gasteiger partial charge in [-0.25, -0.2) is 9.37 Å². The Bertz CT molecular complexity index is 986. The van der Waals surface area contributed by atoms with Gasteiger partial charge in [-0.05, 0) is 62.1 Å². The first-order valence-corrected chi connectivity index (χ1v) is 9.27. The zero-order chi connectivity index (χ0) is 18.4. The molecule has 2 aliphatic heterocycles. The second kappa shape index (κ2) is 6.46. The van der Waals surface area contributed by atoms with Crippen LogP contribution in [-0.2, 0) is 9.53 Å². The van der Waals surface area contributed by atoms with Crippen LogP contribution in [0.25, 0.3) is 22.6 Å². The van der Waals surface area contributed by atoms with E-state index in [1.807, 2.05) is 24.3 Å². The number of hydrogen-bond acceptors (Lipinski definition) is 4. The summed E-state index contributed by atoms with van der Waals surface area (Å²) in [5.74, 6) is -0.0163.